The minimum absolute atomic E-state index is 0.0475. The average molecular weight is 392 g/mol. The number of hydrogen-bond donors (Lipinski definition) is 3. The van der Waals surface area contributed by atoms with Gasteiger partial charge in [0.15, 0.2) is 5.11 Å². The van der Waals surface area contributed by atoms with Gasteiger partial charge in [-0.3, -0.25) is 20.4 Å². The van der Waals surface area contributed by atoms with Crippen molar-refractivity contribution in [2.45, 2.75) is 26.7 Å². The first-order chi connectivity index (χ1) is 11.3. The monoisotopic (exact) mass is 391 g/mol. The van der Waals surface area contributed by atoms with Gasteiger partial charge in [-0.2, -0.15) is 0 Å². The maximum absolute atomic E-state index is 11.6. The lowest BCUT2D eigenvalue weighted by Gasteiger charge is -2.12. The van der Waals surface area contributed by atoms with Crippen LogP contribution in [0.5, 0.6) is 5.75 Å². The Hall–Kier alpha value is -1.57. The average Bonchev–Trinajstić information content (AvgIpc) is 2.51. The molecule has 6 nitrogen and oxygen atoms in total. The smallest absolute Gasteiger partial charge is 0.238 e. The molecule has 9 heteroatoms. The maximum atomic E-state index is 11.6. The summed E-state index contributed by atoms with van der Waals surface area (Å²) in [5.41, 5.74) is 4.87. The van der Waals surface area contributed by atoms with Gasteiger partial charge in [0.1, 0.15) is 5.75 Å². The van der Waals surface area contributed by atoms with Crippen molar-refractivity contribution in [1.29, 1.82) is 0 Å². The van der Waals surface area contributed by atoms with Crippen molar-refractivity contribution in [2.24, 2.45) is 5.92 Å². The first kappa shape index (κ1) is 20.5. The highest BCUT2D eigenvalue weighted by atomic mass is 35.5. The number of hydrogen-bond acceptors (Lipinski definition) is 4. The van der Waals surface area contributed by atoms with Gasteiger partial charge in [-0.05, 0) is 36.8 Å². The van der Waals surface area contributed by atoms with E-state index >= 15 is 0 Å². The first-order valence-corrected chi connectivity index (χ1v) is 8.43. The van der Waals surface area contributed by atoms with E-state index in [2.05, 4.69) is 16.2 Å². The number of ether oxygens (including phenoxy) is 1. The van der Waals surface area contributed by atoms with Gasteiger partial charge >= 0.3 is 0 Å². The van der Waals surface area contributed by atoms with Gasteiger partial charge in [0.05, 0.1) is 11.6 Å². The number of hydrazine groups is 1. The number of amides is 2. The molecule has 0 aliphatic carbocycles. The van der Waals surface area contributed by atoms with Crippen LogP contribution < -0.4 is 20.9 Å². The van der Waals surface area contributed by atoms with E-state index in [-0.39, 0.29) is 29.3 Å². The fraction of sp³-hybridized carbons (Fsp3) is 0.400. The van der Waals surface area contributed by atoms with E-state index in [4.69, 9.17) is 40.2 Å². The van der Waals surface area contributed by atoms with Crippen molar-refractivity contribution >= 4 is 52.3 Å². The number of benzene rings is 1. The molecule has 24 heavy (non-hydrogen) atoms. The standard InChI is InChI=1S/C15H19Cl2N3O3S/c1-9(2)14(22)18-15(24)20-19-13(21)4-3-7-23-12-6-5-10(16)8-11(12)17/h5-6,8-9H,3-4,7H2,1-2H3,(H,19,21)(H2,18,20,22,24). The van der Waals surface area contributed by atoms with Crippen LogP contribution in [0.25, 0.3) is 0 Å². The Morgan fingerprint density at radius 2 is 1.96 bits per heavy atom. The molecular formula is C15H19Cl2N3O3S. The molecule has 0 bridgehead atoms. The van der Waals surface area contributed by atoms with E-state index in [1.165, 1.54) is 0 Å². The third-order valence-corrected chi connectivity index (χ3v) is 3.51. The molecule has 1 aromatic rings. The van der Waals surface area contributed by atoms with Crippen LogP contribution in [0.3, 0.4) is 0 Å². The Morgan fingerprint density at radius 3 is 2.58 bits per heavy atom. The van der Waals surface area contributed by atoms with Crippen molar-refractivity contribution in [1.82, 2.24) is 16.2 Å². The number of rotatable bonds is 6. The quantitative estimate of drug-likeness (QED) is 0.394. The zero-order chi connectivity index (χ0) is 18.1. The number of thiocarbonyl (C=S) groups is 1. The summed E-state index contributed by atoms with van der Waals surface area (Å²) in [7, 11) is 0. The predicted octanol–water partition coefficient (Wildman–Crippen LogP) is 2.83. The van der Waals surface area contributed by atoms with Crippen LogP contribution in [0.2, 0.25) is 10.0 Å². The number of carbonyl (C=O) groups is 2. The molecule has 0 fully saturated rings. The molecule has 0 aliphatic heterocycles. The molecule has 0 saturated carbocycles. The second kappa shape index (κ2) is 10.3. The van der Waals surface area contributed by atoms with Crippen LogP contribution in [0.1, 0.15) is 26.7 Å². The molecule has 0 spiro atoms. The Bertz CT molecular complexity index is 612. The summed E-state index contributed by atoms with van der Waals surface area (Å²) in [6.07, 6.45) is 0.705. The second-order valence-electron chi connectivity index (χ2n) is 5.17. The van der Waals surface area contributed by atoms with E-state index in [9.17, 15) is 9.59 Å². The van der Waals surface area contributed by atoms with Crippen LogP contribution in [-0.4, -0.2) is 23.5 Å². The summed E-state index contributed by atoms with van der Waals surface area (Å²) < 4.78 is 5.47. The van der Waals surface area contributed by atoms with E-state index in [1.807, 2.05) is 0 Å². The van der Waals surface area contributed by atoms with Crippen LogP contribution in [0.15, 0.2) is 18.2 Å². The number of carbonyl (C=O) groups excluding carboxylic acids is 2. The van der Waals surface area contributed by atoms with Crippen LogP contribution in [0, 0.1) is 5.92 Å². The molecule has 132 valence electrons. The van der Waals surface area contributed by atoms with Crippen molar-refractivity contribution in [3.05, 3.63) is 28.2 Å². The maximum Gasteiger partial charge on any atom is 0.238 e. The van der Waals surface area contributed by atoms with Gasteiger partial charge in [0, 0.05) is 17.4 Å². The molecule has 1 rings (SSSR count). The van der Waals surface area contributed by atoms with Gasteiger partial charge in [0.2, 0.25) is 11.8 Å². The molecule has 0 heterocycles. The molecule has 0 unspecified atom stereocenters. The summed E-state index contributed by atoms with van der Waals surface area (Å²) in [6.45, 7) is 3.80. The molecule has 1 aromatic carbocycles. The molecule has 0 radical (unpaired) electrons. The van der Waals surface area contributed by atoms with Crippen LogP contribution >= 0.6 is 35.4 Å². The molecule has 0 aliphatic rings. The lowest BCUT2D eigenvalue weighted by atomic mass is 10.2. The number of halogens is 2. The van der Waals surface area contributed by atoms with E-state index in [0.29, 0.717) is 28.8 Å². The molecule has 0 aromatic heterocycles. The number of nitrogens with one attached hydrogen (secondary N) is 3. The zero-order valence-electron chi connectivity index (χ0n) is 13.3. The highest BCUT2D eigenvalue weighted by Crippen LogP contribution is 2.27. The molecular weight excluding hydrogens is 373 g/mol. The Labute approximate surface area is 156 Å². The summed E-state index contributed by atoms with van der Waals surface area (Å²) in [5, 5.41) is 3.44. The fourth-order valence-electron chi connectivity index (χ4n) is 1.48. The van der Waals surface area contributed by atoms with Crippen LogP contribution in [0.4, 0.5) is 0 Å². The zero-order valence-corrected chi connectivity index (χ0v) is 15.6. The SMILES string of the molecule is CC(C)C(=O)NC(=S)NNC(=O)CCCOc1ccc(Cl)cc1Cl. The van der Waals surface area contributed by atoms with Crippen molar-refractivity contribution in [2.75, 3.05) is 6.61 Å². The minimum atomic E-state index is -0.276. The minimum Gasteiger partial charge on any atom is -0.492 e. The predicted molar refractivity (Wildman–Crippen MR) is 98.0 cm³/mol. The normalized spacial score (nSPS) is 10.2. The summed E-state index contributed by atoms with van der Waals surface area (Å²) >= 11 is 16.6. The summed E-state index contributed by atoms with van der Waals surface area (Å²) in [5.74, 6) is -0.189. The topological polar surface area (TPSA) is 79.5 Å². The molecule has 2 amide bonds. The van der Waals surface area contributed by atoms with Gasteiger partial charge in [-0.25, -0.2) is 0 Å². The van der Waals surface area contributed by atoms with Gasteiger partial charge in [0.25, 0.3) is 0 Å². The second-order valence-corrected chi connectivity index (χ2v) is 6.42. The highest BCUT2D eigenvalue weighted by molar-refractivity contribution is 7.80. The van der Waals surface area contributed by atoms with Gasteiger partial charge in [-0.15, -0.1) is 0 Å². The lowest BCUT2D eigenvalue weighted by Crippen LogP contribution is -2.49. The van der Waals surface area contributed by atoms with E-state index in [1.54, 1.807) is 32.0 Å². The van der Waals surface area contributed by atoms with Crippen molar-refractivity contribution < 1.29 is 14.3 Å². The van der Waals surface area contributed by atoms with Crippen molar-refractivity contribution in [3.63, 3.8) is 0 Å². The third kappa shape index (κ3) is 7.81. The first-order valence-electron chi connectivity index (χ1n) is 7.27. The largest absolute Gasteiger partial charge is 0.492 e. The van der Waals surface area contributed by atoms with Gasteiger partial charge in [-0.1, -0.05) is 37.0 Å². The van der Waals surface area contributed by atoms with Gasteiger partial charge < -0.3 is 10.1 Å². The summed E-state index contributed by atoms with van der Waals surface area (Å²) in [4.78, 5) is 23.1. The van der Waals surface area contributed by atoms with Crippen LogP contribution in [-0.2, 0) is 9.59 Å². The Kier molecular flexibility index (Phi) is 8.81. The Morgan fingerprint density at radius 1 is 1.25 bits per heavy atom. The molecule has 0 saturated heterocycles. The fourth-order valence-corrected chi connectivity index (χ4v) is 2.10. The van der Waals surface area contributed by atoms with E-state index < -0.39 is 0 Å². The lowest BCUT2D eigenvalue weighted by molar-refractivity contribution is -0.123. The third-order valence-electron chi connectivity index (χ3n) is 2.78. The highest BCUT2D eigenvalue weighted by Gasteiger charge is 2.09. The Balaban J connectivity index is 2.20. The molecule has 0 atom stereocenters. The van der Waals surface area contributed by atoms with E-state index in [0.717, 1.165) is 0 Å². The molecule has 3 N–H and O–H groups in total. The van der Waals surface area contributed by atoms with Crippen molar-refractivity contribution in [3.8, 4) is 5.75 Å². The summed E-state index contributed by atoms with van der Waals surface area (Å²) in [6, 6.07) is 4.93.